The van der Waals surface area contributed by atoms with Gasteiger partial charge in [0.2, 0.25) is 11.8 Å². The van der Waals surface area contributed by atoms with Crippen LogP contribution in [0.25, 0.3) is 0 Å². The molecule has 0 aromatic rings. The minimum Gasteiger partial charge on any atom is -0.375 e. The predicted molar refractivity (Wildman–Crippen MR) is 102 cm³/mol. The van der Waals surface area contributed by atoms with Gasteiger partial charge in [-0.1, -0.05) is 27.7 Å². The van der Waals surface area contributed by atoms with Crippen LogP contribution in [0, 0.1) is 11.8 Å². The zero-order valence-corrected chi connectivity index (χ0v) is 17.4. The molecule has 0 radical (unpaired) electrons. The minimum absolute atomic E-state index is 0.117. The number of carbonyl (C=O) groups is 4. The number of esters is 1. The third kappa shape index (κ3) is 8.85. The molecule has 0 fully saturated rings. The van der Waals surface area contributed by atoms with Gasteiger partial charge in [0.25, 0.3) is 0 Å². The van der Waals surface area contributed by atoms with Crippen LogP contribution in [-0.4, -0.2) is 61.0 Å². The number of likely N-dealkylation sites (N-methyl/N-ethyl adjacent to an activating group) is 2. The van der Waals surface area contributed by atoms with E-state index in [1.165, 1.54) is 14.0 Å². The SMILES string of the molecule is CN[C@@H](CC(C)C)C(=O)N[C@H](C)C(=O)OC(=O)N(C)[C@@H](CC(C)C)C(N)=O. The molecule has 4 N–H and O–H groups in total. The van der Waals surface area contributed by atoms with Crippen LogP contribution in [0.4, 0.5) is 4.79 Å². The summed E-state index contributed by atoms with van der Waals surface area (Å²) in [6.45, 7) is 9.15. The molecule has 156 valence electrons. The Kier molecular flexibility index (Phi) is 10.6. The van der Waals surface area contributed by atoms with Crippen LogP contribution in [-0.2, 0) is 19.1 Å². The zero-order valence-electron chi connectivity index (χ0n) is 17.4. The molecule has 0 spiro atoms. The molecule has 0 aliphatic heterocycles. The van der Waals surface area contributed by atoms with E-state index in [1.807, 2.05) is 27.7 Å². The topological polar surface area (TPSA) is 131 Å². The molecule has 9 heteroatoms. The van der Waals surface area contributed by atoms with Crippen molar-refractivity contribution in [3.63, 3.8) is 0 Å². The van der Waals surface area contributed by atoms with Crippen molar-refractivity contribution in [3.8, 4) is 0 Å². The van der Waals surface area contributed by atoms with Crippen molar-refractivity contribution in [1.82, 2.24) is 15.5 Å². The van der Waals surface area contributed by atoms with Crippen molar-refractivity contribution >= 4 is 23.9 Å². The molecule has 0 aromatic carbocycles. The van der Waals surface area contributed by atoms with E-state index in [0.29, 0.717) is 12.8 Å². The number of hydrogen-bond acceptors (Lipinski definition) is 6. The number of ether oxygens (including phenoxy) is 1. The van der Waals surface area contributed by atoms with E-state index in [0.717, 1.165) is 4.90 Å². The normalized spacial score (nSPS) is 14.4. The molecule has 0 aromatic heterocycles. The number of nitrogens with two attached hydrogens (primary N) is 1. The van der Waals surface area contributed by atoms with Crippen molar-refractivity contribution in [2.75, 3.05) is 14.1 Å². The highest BCUT2D eigenvalue weighted by molar-refractivity contribution is 5.93. The first kappa shape index (κ1) is 24.8. The van der Waals surface area contributed by atoms with Gasteiger partial charge in [-0.05, 0) is 38.6 Å². The quantitative estimate of drug-likeness (QED) is 0.373. The van der Waals surface area contributed by atoms with Crippen LogP contribution in [0.3, 0.4) is 0 Å². The molecule has 0 aliphatic carbocycles. The van der Waals surface area contributed by atoms with Crippen LogP contribution >= 0.6 is 0 Å². The van der Waals surface area contributed by atoms with E-state index in [9.17, 15) is 19.2 Å². The van der Waals surface area contributed by atoms with Gasteiger partial charge in [-0.3, -0.25) is 14.5 Å². The Morgan fingerprint density at radius 2 is 1.52 bits per heavy atom. The summed E-state index contributed by atoms with van der Waals surface area (Å²) in [4.78, 5) is 49.1. The summed E-state index contributed by atoms with van der Waals surface area (Å²) in [5, 5.41) is 5.42. The fraction of sp³-hybridized carbons (Fsp3) is 0.778. The molecule has 9 nitrogen and oxygen atoms in total. The number of primary amides is 1. The highest BCUT2D eigenvalue weighted by Gasteiger charge is 2.30. The Morgan fingerprint density at radius 3 is 1.93 bits per heavy atom. The summed E-state index contributed by atoms with van der Waals surface area (Å²) in [7, 11) is 3.00. The van der Waals surface area contributed by atoms with Gasteiger partial charge in [0.05, 0.1) is 6.04 Å². The molecule has 0 rings (SSSR count). The highest BCUT2D eigenvalue weighted by Crippen LogP contribution is 2.11. The Bertz CT molecular complexity index is 536. The number of rotatable bonds is 10. The molecular weight excluding hydrogens is 352 g/mol. The second-order valence-electron chi connectivity index (χ2n) is 7.55. The second kappa shape index (κ2) is 11.5. The number of hydrogen-bond donors (Lipinski definition) is 3. The fourth-order valence-electron chi connectivity index (χ4n) is 2.49. The zero-order chi connectivity index (χ0) is 21.3. The molecule has 0 bridgehead atoms. The molecule has 0 heterocycles. The second-order valence-corrected chi connectivity index (χ2v) is 7.55. The van der Waals surface area contributed by atoms with Gasteiger partial charge in [0.15, 0.2) is 0 Å². The lowest BCUT2D eigenvalue weighted by Gasteiger charge is -2.26. The highest BCUT2D eigenvalue weighted by atomic mass is 16.6. The molecule has 0 unspecified atom stereocenters. The van der Waals surface area contributed by atoms with Crippen molar-refractivity contribution in [2.24, 2.45) is 17.6 Å². The van der Waals surface area contributed by atoms with Crippen LogP contribution in [0.2, 0.25) is 0 Å². The van der Waals surface area contributed by atoms with Gasteiger partial charge in [-0.25, -0.2) is 9.59 Å². The molecule has 0 aliphatic rings. The largest absolute Gasteiger partial charge is 0.417 e. The van der Waals surface area contributed by atoms with Crippen molar-refractivity contribution < 1.29 is 23.9 Å². The van der Waals surface area contributed by atoms with E-state index in [-0.39, 0.29) is 17.7 Å². The van der Waals surface area contributed by atoms with Crippen molar-refractivity contribution in [1.29, 1.82) is 0 Å². The van der Waals surface area contributed by atoms with Gasteiger partial charge in [-0.2, -0.15) is 0 Å². The monoisotopic (exact) mass is 386 g/mol. The first-order valence-electron chi connectivity index (χ1n) is 9.16. The van der Waals surface area contributed by atoms with E-state index >= 15 is 0 Å². The molecule has 0 saturated heterocycles. The predicted octanol–water partition coefficient (Wildman–Crippen LogP) is 0.620. The van der Waals surface area contributed by atoms with Crippen molar-refractivity contribution in [2.45, 2.75) is 65.6 Å². The third-order valence-electron chi connectivity index (χ3n) is 4.05. The lowest BCUT2D eigenvalue weighted by Crippen LogP contribution is -2.51. The summed E-state index contributed by atoms with van der Waals surface area (Å²) in [5.41, 5.74) is 5.33. The standard InChI is InChI=1S/C18H34N4O5/c1-10(2)8-13(20-6)16(24)21-12(5)17(25)27-18(26)22(7)14(15(19)23)9-11(3)4/h10-14,20H,8-9H2,1-7H3,(H2,19,23)(H,21,24)/t12-,13+,14+/m1/s1. The average Bonchev–Trinajstić information content (AvgIpc) is 2.55. The van der Waals surface area contributed by atoms with E-state index in [4.69, 9.17) is 10.5 Å². The molecular formula is C18H34N4O5. The maximum atomic E-state index is 12.2. The average molecular weight is 386 g/mol. The number of carbonyl (C=O) groups excluding carboxylic acids is 4. The Morgan fingerprint density at radius 1 is 1.00 bits per heavy atom. The first-order chi connectivity index (χ1) is 12.4. The lowest BCUT2D eigenvalue weighted by atomic mass is 10.0. The molecule has 27 heavy (non-hydrogen) atoms. The van der Waals surface area contributed by atoms with Gasteiger partial charge in [0.1, 0.15) is 12.1 Å². The Labute approximate surface area is 161 Å². The number of nitrogens with one attached hydrogen (secondary N) is 2. The Balaban J connectivity index is 4.83. The minimum atomic E-state index is -1.02. The summed E-state index contributed by atoms with van der Waals surface area (Å²) < 4.78 is 4.79. The maximum absolute atomic E-state index is 12.2. The van der Waals surface area contributed by atoms with Crippen molar-refractivity contribution in [3.05, 3.63) is 0 Å². The van der Waals surface area contributed by atoms with Crippen LogP contribution in [0.5, 0.6) is 0 Å². The summed E-state index contributed by atoms with van der Waals surface area (Å²) in [6, 6.07) is -2.35. The number of amides is 3. The van der Waals surface area contributed by atoms with E-state index in [2.05, 4.69) is 10.6 Å². The van der Waals surface area contributed by atoms with Crippen LogP contribution in [0.1, 0.15) is 47.5 Å². The lowest BCUT2D eigenvalue weighted by molar-refractivity contribution is -0.143. The smallest absolute Gasteiger partial charge is 0.375 e. The summed E-state index contributed by atoms with van der Waals surface area (Å²) in [6.07, 6.45) is -0.0419. The summed E-state index contributed by atoms with van der Waals surface area (Å²) in [5.74, 6) is -1.54. The van der Waals surface area contributed by atoms with Crippen LogP contribution in [0.15, 0.2) is 0 Å². The van der Waals surface area contributed by atoms with Gasteiger partial charge in [0, 0.05) is 7.05 Å². The Hall–Kier alpha value is -2.16. The van der Waals surface area contributed by atoms with E-state index in [1.54, 1.807) is 7.05 Å². The third-order valence-corrected chi connectivity index (χ3v) is 4.05. The first-order valence-corrected chi connectivity index (χ1v) is 9.16. The maximum Gasteiger partial charge on any atom is 0.417 e. The molecule has 3 atom stereocenters. The van der Waals surface area contributed by atoms with Gasteiger partial charge < -0.3 is 21.1 Å². The van der Waals surface area contributed by atoms with Gasteiger partial charge in [-0.15, -0.1) is 0 Å². The molecule has 0 saturated carbocycles. The number of nitrogens with zero attached hydrogens (tertiary/aromatic N) is 1. The summed E-state index contributed by atoms with van der Waals surface area (Å²) >= 11 is 0. The molecule has 3 amide bonds. The van der Waals surface area contributed by atoms with Crippen LogP contribution < -0.4 is 16.4 Å². The fourth-order valence-corrected chi connectivity index (χ4v) is 2.49. The van der Waals surface area contributed by atoms with Gasteiger partial charge >= 0.3 is 12.1 Å². The van der Waals surface area contributed by atoms with E-state index < -0.39 is 36.1 Å².